The summed E-state index contributed by atoms with van der Waals surface area (Å²) in [6, 6.07) is 6.69. The minimum atomic E-state index is -1.10. The first-order valence-electron chi connectivity index (χ1n) is 6.27. The Morgan fingerprint density at radius 3 is 2.71 bits per heavy atom. The number of ether oxygens (including phenoxy) is 2. The first-order chi connectivity index (χ1) is 10.1. The van der Waals surface area contributed by atoms with E-state index in [1.165, 1.54) is 7.11 Å². The van der Waals surface area contributed by atoms with E-state index >= 15 is 0 Å². The number of carbonyl (C=O) groups is 2. The third kappa shape index (κ3) is 5.03. The van der Waals surface area contributed by atoms with Crippen molar-refractivity contribution in [1.29, 1.82) is 5.26 Å². The standard InChI is InChI=1S/C14H16N2O5/c1-20-11-4-2-5-12(13(11)10(17)6-7-15)21-9-3-8-16-14(18)19/h2,4-5,16H,3,6,8-9H2,1H3,(H,18,19). The van der Waals surface area contributed by atoms with Gasteiger partial charge in [-0.1, -0.05) is 6.07 Å². The number of rotatable bonds is 8. The Bertz CT molecular complexity index is 551. The monoisotopic (exact) mass is 292 g/mol. The molecule has 1 aromatic carbocycles. The minimum absolute atomic E-state index is 0.229. The lowest BCUT2D eigenvalue weighted by atomic mass is 10.1. The van der Waals surface area contributed by atoms with Gasteiger partial charge in [-0.15, -0.1) is 0 Å². The molecular formula is C14H16N2O5. The predicted octanol–water partition coefficient (Wildman–Crippen LogP) is 1.83. The fourth-order valence-electron chi connectivity index (χ4n) is 1.69. The molecule has 0 saturated heterocycles. The van der Waals surface area contributed by atoms with Crippen LogP contribution in [0.1, 0.15) is 23.2 Å². The quantitative estimate of drug-likeness (QED) is 0.559. The number of nitrogens with zero attached hydrogens (tertiary/aromatic N) is 1. The number of hydrogen-bond acceptors (Lipinski definition) is 5. The molecule has 0 fully saturated rings. The molecule has 0 bridgehead atoms. The number of benzene rings is 1. The molecule has 0 aliphatic rings. The number of ketones is 1. The summed E-state index contributed by atoms with van der Waals surface area (Å²) < 4.78 is 10.6. The summed E-state index contributed by atoms with van der Waals surface area (Å²) in [6.45, 7) is 0.487. The second-order valence-electron chi connectivity index (χ2n) is 4.03. The molecule has 1 amide bonds. The zero-order valence-corrected chi connectivity index (χ0v) is 11.6. The zero-order valence-electron chi connectivity index (χ0n) is 11.6. The second kappa shape index (κ2) is 8.43. The summed E-state index contributed by atoms with van der Waals surface area (Å²) in [5, 5.41) is 19.3. The molecule has 0 aromatic heterocycles. The van der Waals surface area contributed by atoms with Crippen molar-refractivity contribution in [3.63, 3.8) is 0 Å². The van der Waals surface area contributed by atoms with Crippen LogP contribution in [0.5, 0.6) is 11.5 Å². The van der Waals surface area contributed by atoms with Crippen molar-refractivity contribution in [2.24, 2.45) is 0 Å². The summed E-state index contributed by atoms with van der Waals surface area (Å²) in [6.07, 6.45) is -0.909. The maximum Gasteiger partial charge on any atom is 0.404 e. The van der Waals surface area contributed by atoms with Gasteiger partial charge in [0.2, 0.25) is 0 Å². The van der Waals surface area contributed by atoms with Gasteiger partial charge in [-0.3, -0.25) is 4.79 Å². The van der Waals surface area contributed by atoms with Gasteiger partial charge in [0.1, 0.15) is 17.1 Å². The van der Waals surface area contributed by atoms with Gasteiger partial charge in [0, 0.05) is 6.54 Å². The van der Waals surface area contributed by atoms with Gasteiger partial charge in [0.05, 0.1) is 26.2 Å². The van der Waals surface area contributed by atoms with Crippen molar-refractivity contribution < 1.29 is 24.2 Å². The van der Waals surface area contributed by atoms with Crippen LogP contribution in [-0.2, 0) is 0 Å². The fourth-order valence-corrected chi connectivity index (χ4v) is 1.69. The van der Waals surface area contributed by atoms with Crippen LogP contribution in [0.15, 0.2) is 18.2 Å². The highest BCUT2D eigenvalue weighted by Gasteiger charge is 2.18. The highest BCUT2D eigenvalue weighted by Crippen LogP contribution is 2.29. The van der Waals surface area contributed by atoms with E-state index in [2.05, 4.69) is 5.32 Å². The Morgan fingerprint density at radius 1 is 1.38 bits per heavy atom. The van der Waals surface area contributed by atoms with Crippen LogP contribution in [-0.4, -0.2) is 37.2 Å². The normalized spacial score (nSPS) is 9.52. The average molecular weight is 292 g/mol. The highest BCUT2D eigenvalue weighted by molar-refractivity contribution is 6.02. The van der Waals surface area contributed by atoms with Crippen LogP contribution < -0.4 is 14.8 Å². The van der Waals surface area contributed by atoms with E-state index in [0.29, 0.717) is 17.9 Å². The lowest BCUT2D eigenvalue weighted by Crippen LogP contribution is -2.23. The number of nitriles is 1. The number of hydrogen-bond donors (Lipinski definition) is 2. The van der Waals surface area contributed by atoms with E-state index in [1.807, 2.05) is 0 Å². The third-order valence-corrected chi connectivity index (χ3v) is 2.58. The van der Waals surface area contributed by atoms with E-state index in [9.17, 15) is 9.59 Å². The Hall–Kier alpha value is -2.75. The number of amides is 1. The van der Waals surface area contributed by atoms with Crippen molar-refractivity contribution in [3.8, 4) is 17.6 Å². The number of carboxylic acid groups (broad SMARTS) is 1. The van der Waals surface area contributed by atoms with E-state index in [-0.39, 0.29) is 30.9 Å². The van der Waals surface area contributed by atoms with Crippen molar-refractivity contribution in [1.82, 2.24) is 5.32 Å². The molecule has 0 radical (unpaired) electrons. The first kappa shape index (κ1) is 16.3. The molecule has 1 rings (SSSR count). The Kier molecular flexibility index (Phi) is 6.54. The molecule has 7 nitrogen and oxygen atoms in total. The molecule has 7 heteroatoms. The molecule has 0 aliphatic heterocycles. The van der Waals surface area contributed by atoms with Gasteiger partial charge in [0.25, 0.3) is 0 Å². The molecule has 0 atom stereocenters. The molecule has 0 heterocycles. The molecule has 0 spiro atoms. The molecular weight excluding hydrogens is 276 g/mol. The summed E-state index contributed by atoms with van der Waals surface area (Å²) in [7, 11) is 1.43. The molecule has 112 valence electrons. The van der Waals surface area contributed by atoms with Gasteiger partial charge >= 0.3 is 6.09 Å². The van der Waals surface area contributed by atoms with Crippen LogP contribution in [0.4, 0.5) is 4.79 Å². The smallest absolute Gasteiger partial charge is 0.404 e. The number of methoxy groups -OCH3 is 1. The average Bonchev–Trinajstić information content (AvgIpc) is 2.46. The highest BCUT2D eigenvalue weighted by atomic mass is 16.5. The van der Waals surface area contributed by atoms with Gasteiger partial charge in [-0.2, -0.15) is 5.26 Å². The first-order valence-corrected chi connectivity index (χ1v) is 6.27. The van der Waals surface area contributed by atoms with Gasteiger partial charge in [-0.05, 0) is 18.6 Å². The Balaban J connectivity index is 2.75. The summed E-state index contributed by atoms with van der Waals surface area (Å²) >= 11 is 0. The molecule has 21 heavy (non-hydrogen) atoms. The van der Waals surface area contributed by atoms with Gasteiger partial charge in [-0.25, -0.2) is 4.79 Å². The van der Waals surface area contributed by atoms with Crippen LogP contribution in [0.2, 0.25) is 0 Å². The van der Waals surface area contributed by atoms with Gasteiger partial charge < -0.3 is 19.9 Å². The van der Waals surface area contributed by atoms with E-state index < -0.39 is 6.09 Å². The van der Waals surface area contributed by atoms with E-state index in [4.69, 9.17) is 19.8 Å². The number of Topliss-reactive ketones (excluding diaryl/α,β-unsaturated/α-hetero) is 1. The Morgan fingerprint density at radius 2 is 2.10 bits per heavy atom. The lowest BCUT2D eigenvalue weighted by molar-refractivity contribution is 0.0990. The Labute approximate surface area is 122 Å². The fraction of sp³-hybridized carbons (Fsp3) is 0.357. The number of nitrogens with one attached hydrogen (secondary N) is 1. The lowest BCUT2D eigenvalue weighted by Gasteiger charge is -2.13. The summed E-state index contributed by atoms with van der Waals surface area (Å²) in [4.78, 5) is 22.2. The van der Waals surface area contributed by atoms with E-state index in [1.54, 1.807) is 24.3 Å². The molecule has 1 aromatic rings. The predicted molar refractivity (Wildman–Crippen MR) is 73.7 cm³/mol. The van der Waals surface area contributed by atoms with Crippen molar-refractivity contribution >= 4 is 11.9 Å². The summed E-state index contributed by atoms with van der Waals surface area (Å²) in [5.41, 5.74) is 0.229. The molecule has 0 aliphatic carbocycles. The van der Waals surface area contributed by atoms with Crippen LogP contribution >= 0.6 is 0 Å². The number of carbonyl (C=O) groups excluding carboxylic acids is 1. The minimum Gasteiger partial charge on any atom is -0.496 e. The van der Waals surface area contributed by atoms with Crippen LogP contribution in [0, 0.1) is 11.3 Å². The van der Waals surface area contributed by atoms with Crippen molar-refractivity contribution in [2.45, 2.75) is 12.8 Å². The zero-order chi connectivity index (χ0) is 15.7. The van der Waals surface area contributed by atoms with Crippen LogP contribution in [0.3, 0.4) is 0 Å². The van der Waals surface area contributed by atoms with Crippen molar-refractivity contribution in [3.05, 3.63) is 23.8 Å². The molecule has 0 unspecified atom stereocenters. The van der Waals surface area contributed by atoms with Gasteiger partial charge in [0.15, 0.2) is 5.78 Å². The second-order valence-corrected chi connectivity index (χ2v) is 4.03. The molecule has 2 N–H and O–H groups in total. The third-order valence-electron chi connectivity index (χ3n) is 2.58. The largest absolute Gasteiger partial charge is 0.496 e. The van der Waals surface area contributed by atoms with E-state index in [0.717, 1.165) is 0 Å². The van der Waals surface area contributed by atoms with Crippen LogP contribution in [0.25, 0.3) is 0 Å². The molecule has 0 saturated carbocycles. The van der Waals surface area contributed by atoms with Crippen molar-refractivity contribution in [2.75, 3.05) is 20.3 Å². The maximum absolute atomic E-state index is 12.0. The summed E-state index contributed by atoms with van der Waals surface area (Å²) in [5.74, 6) is 0.287. The maximum atomic E-state index is 12.0. The topological polar surface area (TPSA) is 109 Å². The SMILES string of the molecule is COc1cccc(OCCCNC(=O)O)c1C(=O)CC#N.